The zero-order valence-corrected chi connectivity index (χ0v) is 18.2. The summed E-state index contributed by atoms with van der Waals surface area (Å²) in [5.41, 5.74) is 1.74. The summed E-state index contributed by atoms with van der Waals surface area (Å²) in [5.74, 6) is -0.619. The zero-order chi connectivity index (χ0) is 21.3. The minimum atomic E-state index is -0.306. The Bertz CT molecular complexity index is 860. The van der Waals surface area contributed by atoms with Crippen molar-refractivity contribution in [3.8, 4) is 0 Å². The molecule has 1 heterocycles. The lowest BCUT2D eigenvalue weighted by atomic mass is 9.94. The number of carbonyl (C=O) groups excluding carboxylic acids is 3. The Morgan fingerprint density at radius 2 is 1.87 bits per heavy atom. The fraction of sp³-hybridized carbons (Fsp3) is 0.435. The molecule has 160 valence electrons. The van der Waals surface area contributed by atoms with Crippen LogP contribution in [0.2, 0.25) is 0 Å². The Morgan fingerprint density at radius 1 is 1.07 bits per heavy atom. The van der Waals surface area contributed by atoms with E-state index in [2.05, 4.69) is 10.6 Å². The minimum Gasteiger partial charge on any atom is -0.345 e. The number of benzene rings is 1. The average Bonchev–Trinajstić information content (AvgIpc) is 3.24. The van der Waals surface area contributed by atoms with Gasteiger partial charge in [-0.2, -0.15) is 0 Å². The molecular formula is C23H29N3O3S. The molecule has 1 aliphatic carbocycles. The van der Waals surface area contributed by atoms with Crippen LogP contribution in [0.3, 0.4) is 0 Å². The van der Waals surface area contributed by atoms with Crippen LogP contribution < -0.4 is 10.6 Å². The highest BCUT2D eigenvalue weighted by Gasteiger charge is 2.27. The molecule has 1 aliphatic rings. The van der Waals surface area contributed by atoms with Gasteiger partial charge in [0.25, 0.3) is 0 Å². The number of thiophene rings is 1. The van der Waals surface area contributed by atoms with E-state index in [9.17, 15) is 14.4 Å². The molecule has 0 spiro atoms. The van der Waals surface area contributed by atoms with E-state index in [0.717, 1.165) is 36.1 Å². The number of hydrogen-bond donors (Lipinski definition) is 2. The van der Waals surface area contributed by atoms with Crippen molar-refractivity contribution >= 4 is 34.7 Å². The summed E-state index contributed by atoms with van der Waals surface area (Å²) in [7, 11) is 0. The third-order valence-corrected chi connectivity index (χ3v) is 6.18. The first-order valence-corrected chi connectivity index (χ1v) is 11.3. The maximum absolute atomic E-state index is 12.9. The van der Waals surface area contributed by atoms with E-state index in [0.29, 0.717) is 12.1 Å². The van der Waals surface area contributed by atoms with Crippen molar-refractivity contribution in [2.24, 2.45) is 0 Å². The van der Waals surface area contributed by atoms with E-state index in [1.807, 2.05) is 42.6 Å². The number of carbonyl (C=O) groups is 3. The number of hydrogen-bond acceptors (Lipinski definition) is 4. The van der Waals surface area contributed by atoms with Gasteiger partial charge in [-0.1, -0.05) is 37.5 Å². The van der Waals surface area contributed by atoms with Crippen LogP contribution in [0.15, 0.2) is 41.8 Å². The number of amides is 3. The normalized spacial score (nSPS) is 14.2. The van der Waals surface area contributed by atoms with Gasteiger partial charge in [-0.15, -0.1) is 11.3 Å². The highest BCUT2D eigenvalue weighted by molar-refractivity contribution is 7.10. The molecule has 2 N–H and O–H groups in total. The van der Waals surface area contributed by atoms with Crippen LogP contribution in [-0.4, -0.2) is 41.8 Å². The van der Waals surface area contributed by atoms with Gasteiger partial charge in [0.1, 0.15) is 0 Å². The predicted octanol–water partition coefficient (Wildman–Crippen LogP) is 3.52. The molecule has 6 nitrogen and oxygen atoms in total. The molecule has 7 heteroatoms. The van der Waals surface area contributed by atoms with Crippen LogP contribution in [0.25, 0.3) is 0 Å². The van der Waals surface area contributed by atoms with E-state index in [-0.39, 0.29) is 36.9 Å². The SMILES string of the molecule is Cc1cccc(NC(=O)CNC(=O)CN(C(=O)Cc2cccs2)C2CCCCC2)c1. The van der Waals surface area contributed by atoms with E-state index in [4.69, 9.17) is 0 Å². The Balaban J connectivity index is 1.54. The number of rotatable bonds is 8. The smallest absolute Gasteiger partial charge is 0.243 e. The molecule has 1 fully saturated rings. The molecule has 0 atom stereocenters. The van der Waals surface area contributed by atoms with Crippen LogP contribution in [0.1, 0.15) is 42.5 Å². The van der Waals surface area contributed by atoms with Crippen LogP contribution in [0.4, 0.5) is 5.69 Å². The molecule has 0 radical (unpaired) electrons. The lowest BCUT2D eigenvalue weighted by Gasteiger charge is -2.34. The first-order chi connectivity index (χ1) is 14.5. The molecule has 0 unspecified atom stereocenters. The molecule has 0 bridgehead atoms. The van der Waals surface area contributed by atoms with Crippen molar-refractivity contribution in [3.05, 3.63) is 52.2 Å². The Labute approximate surface area is 181 Å². The lowest BCUT2D eigenvalue weighted by molar-refractivity contribution is -0.138. The maximum atomic E-state index is 12.9. The van der Waals surface area contributed by atoms with Crippen molar-refractivity contribution in [1.82, 2.24) is 10.2 Å². The molecule has 1 aromatic carbocycles. The number of nitrogens with one attached hydrogen (secondary N) is 2. The average molecular weight is 428 g/mol. The van der Waals surface area contributed by atoms with E-state index >= 15 is 0 Å². The third-order valence-electron chi connectivity index (χ3n) is 5.30. The van der Waals surface area contributed by atoms with Gasteiger partial charge < -0.3 is 15.5 Å². The van der Waals surface area contributed by atoms with Gasteiger partial charge in [-0.05, 0) is 48.9 Å². The second kappa shape index (κ2) is 10.9. The van der Waals surface area contributed by atoms with Crippen LogP contribution in [0, 0.1) is 6.92 Å². The summed E-state index contributed by atoms with van der Waals surface area (Å²) in [6, 6.07) is 11.5. The standard InChI is InChI=1S/C23H29N3O3S/c1-17-7-5-8-18(13-17)25-21(27)15-24-22(28)16-26(19-9-3-2-4-10-19)23(29)14-20-11-6-12-30-20/h5-8,11-13,19H,2-4,9-10,14-16H2,1H3,(H,24,28)(H,25,27). The van der Waals surface area contributed by atoms with Crippen molar-refractivity contribution < 1.29 is 14.4 Å². The van der Waals surface area contributed by atoms with Crippen LogP contribution in [0.5, 0.6) is 0 Å². The molecule has 1 aromatic heterocycles. The van der Waals surface area contributed by atoms with Crippen molar-refractivity contribution in [3.63, 3.8) is 0 Å². The predicted molar refractivity (Wildman–Crippen MR) is 119 cm³/mol. The van der Waals surface area contributed by atoms with Crippen LogP contribution in [-0.2, 0) is 20.8 Å². The highest BCUT2D eigenvalue weighted by Crippen LogP contribution is 2.23. The third kappa shape index (κ3) is 6.69. The van der Waals surface area contributed by atoms with Gasteiger partial charge >= 0.3 is 0 Å². The fourth-order valence-corrected chi connectivity index (χ4v) is 4.49. The van der Waals surface area contributed by atoms with Crippen molar-refractivity contribution in [1.29, 1.82) is 0 Å². The van der Waals surface area contributed by atoms with Gasteiger partial charge in [0.15, 0.2) is 0 Å². The first-order valence-electron chi connectivity index (χ1n) is 10.5. The van der Waals surface area contributed by atoms with Crippen molar-refractivity contribution in [2.45, 2.75) is 51.5 Å². The van der Waals surface area contributed by atoms with Gasteiger partial charge in [0.2, 0.25) is 17.7 Å². The molecule has 0 aliphatic heterocycles. The molecule has 1 saturated carbocycles. The second-order valence-corrected chi connectivity index (χ2v) is 8.80. The van der Waals surface area contributed by atoms with Gasteiger partial charge in [0, 0.05) is 16.6 Å². The van der Waals surface area contributed by atoms with E-state index in [1.165, 1.54) is 6.42 Å². The maximum Gasteiger partial charge on any atom is 0.243 e. The van der Waals surface area contributed by atoms with Crippen molar-refractivity contribution in [2.75, 3.05) is 18.4 Å². The minimum absolute atomic E-state index is 0.00734. The summed E-state index contributed by atoms with van der Waals surface area (Å²) in [4.78, 5) is 40.3. The molecule has 2 aromatic rings. The lowest BCUT2D eigenvalue weighted by Crippen LogP contribution is -2.48. The fourth-order valence-electron chi connectivity index (χ4n) is 3.79. The zero-order valence-electron chi connectivity index (χ0n) is 17.4. The second-order valence-electron chi connectivity index (χ2n) is 7.76. The summed E-state index contributed by atoms with van der Waals surface area (Å²) >= 11 is 1.55. The highest BCUT2D eigenvalue weighted by atomic mass is 32.1. The van der Waals surface area contributed by atoms with E-state index < -0.39 is 0 Å². The summed E-state index contributed by atoms with van der Waals surface area (Å²) in [5, 5.41) is 7.38. The Hall–Kier alpha value is -2.67. The number of anilines is 1. The monoisotopic (exact) mass is 427 g/mol. The Morgan fingerprint density at radius 3 is 2.57 bits per heavy atom. The summed E-state index contributed by atoms with van der Waals surface area (Å²) in [6.45, 7) is 1.82. The summed E-state index contributed by atoms with van der Waals surface area (Å²) < 4.78 is 0. The Kier molecular flexibility index (Phi) is 8.02. The largest absolute Gasteiger partial charge is 0.345 e. The van der Waals surface area contributed by atoms with Gasteiger partial charge in [-0.3, -0.25) is 14.4 Å². The first kappa shape index (κ1) is 22.0. The molecule has 30 heavy (non-hydrogen) atoms. The molecule has 0 saturated heterocycles. The number of aryl methyl sites for hydroxylation is 1. The molecule has 3 amide bonds. The number of nitrogens with zero attached hydrogens (tertiary/aromatic N) is 1. The van der Waals surface area contributed by atoms with Gasteiger partial charge in [-0.25, -0.2) is 0 Å². The molecule has 3 rings (SSSR count). The summed E-state index contributed by atoms with van der Waals surface area (Å²) in [6.07, 6.45) is 5.50. The van der Waals surface area contributed by atoms with Gasteiger partial charge in [0.05, 0.1) is 19.5 Å². The van der Waals surface area contributed by atoms with E-state index in [1.54, 1.807) is 22.3 Å². The molecular weight excluding hydrogens is 398 g/mol. The quantitative estimate of drug-likeness (QED) is 0.677. The topological polar surface area (TPSA) is 78.5 Å². The van der Waals surface area contributed by atoms with Crippen LogP contribution >= 0.6 is 11.3 Å².